The molecule has 1 atom stereocenters. The topological polar surface area (TPSA) is 107 Å². The van der Waals surface area contributed by atoms with E-state index in [-0.39, 0.29) is 29.3 Å². The molecule has 35 heavy (non-hydrogen) atoms. The molecular weight excluding hydrogens is 460 g/mol. The van der Waals surface area contributed by atoms with Gasteiger partial charge in [0, 0.05) is 31.4 Å². The average Bonchev–Trinajstić information content (AvgIpc) is 3.48. The third-order valence-electron chi connectivity index (χ3n) is 6.69. The van der Waals surface area contributed by atoms with Gasteiger partial charge in [-0.3, -0.25) is 9.48 Å². The number of morpholine rings is 1. The number of nitrogens with zero attached hydrogens (tertiary/aromatic N) is 6. The quantitative estimate of drug-likeness (QED) is 0.532. The van der Waals surface area contributed by atoms with Gasteiger partial charge in [-0.25, -0.2) is 18.3 Å². The van der Waals surface area contributed by atoms with E-state index in [0.717, 1.165) is 6.29 Å². The van der Waals surface area contributed by atoms with Crippen LogP contribution < -0.4 is 10.2 Å². The Hall–Kier alpha value is -3.41. The van der Waals surface area contributed by atoms with Crippen LogP contribution in [-0.4, -0.2) is 62.4 Å². The summed E-state index contributed by atoms with van der Waals surface area (Å²) in [6.45, 7) is 3.91. The zero-order valence-corrected chi connectivity index (χ0v) is 19.3. The van der Waals surface area contributed by atoms with E-state index >= 15 is 0 Å². The number of alkyl halides is 2. The molecule has 5 rings (SSSR count). The predicted octanol–water partition coefficient (Wildman–Crippen LogP) is 3.27. The van der Waals surface area contributed by atoms with E-state index < -0.39 is 18.0 Å². The monoisotopic (exact) mass is 487 g/mol. The van der Waals surface area contributed by atoms with E-state index in [1.165, 1.54) is 21.6 Å². The van der Waals surface area contributed by atoms with Crippen LogP contribution in [0.5, 0.6) is 0 Å². The summed E-state index contributed by atoms with van der Waals surface area (Å²) >= 11 is 0. The Bertz CT molecular complexity index is 1220. The summed E-state index contributed by atoms with van der Waals surface area (Å²) in [5.41, 5.74) is -0.0201. The molecule has 1 saturated heterocycles. The second-order valence-electron chi connectivity index (χ2n) is 9.11. The number of carbonyl (C=O) groups is 2. The minimum absolute atomic E-state index is 0.00393. The molecule has 1 saturated carbocycles. The number of ether oxygens (including phenoxy) is 1. The second kappa shape index (κ2) is 9.68. The van der Waals surface area contributed by atoms with Crippen LogP contribution in [0.2, 0.25) is 0 Å². The minimum atomic E-state index is -2.85. The first-order valence-electron chi connectivity index (χ1n) is 11.8. The van der Waals surface area contributed by atoms with Crippen molar-refractivity contribution in [3.63, 3.8) is 0 Å². The highest BCUT2D eigenvalue weighted by Crippen LogP contribution is 2.34. The van der Waals surface area contributed by atoms with Gasteiger partial charge >= 0.3 is 0 Å². The lowest BCUT2D eigenvalue weighted by Gasteiger charge is -2.31. The molecule has 2 aliphatic rings. The van der Waals surface area contributed by atoms with Gasteiger partial charge in [0.15, 0.2) is 11.3 Å². The molecule has 0 spiro atoms. The predicted molar refractivity (Wildman–Crippen MR) is 123 cm³/mol. The number of aldehydes is 1. The van der Waals surface area contributed by atoms with Gasteiger partial charge in [0.25, 0.3) is 12.3 Å². The summed E-state index contributed by atoms with van der Waals surface area (Å²) in [6.07, 6.45) is 5.42. The lowest BCUT2D eigenvalue weighted by atomic mass is 9.87. The third kappa shape index (κ3) is 4.75. The average molecular weight is 488 g/mol. The van der Waals surface area contributed by atoms with Crippen LogP contribution in [-0.2, 0) is 9.53 Å². The maximum atomic E-state index is 13.7. The number of hydrogen-bond donors (Lipinski definition) is 1. The Kier molecular flexibility index (Phi) is 6.46. The largest absolute Gasteiger partial charge is 0.375 e. The minimum Gasteiger partial charge on any atom is -0.375 e. The van der Waals surface area contributed by atoms with Crippen LogP contribution >= 0.6 is 0 Å². The van der Waals surface area contributed by atoms with E-state index in [1.807, 2.05) is 13.0 Å². The molecule has 0 bridgehead atoms. The van der Waals surface area contributed by atoms with Crippen LogP contribution in [0.1, 0.15) is 61.1 Å². The molecule has 10 nitrogen and oxygen atoms in total. The number of rotatable bonds is 6. The maximum absolute atomic E-state index is 13.7. The fourth-order valence-corrected chi connectivity index (χ4v) is 4.76. The first kappa shape index (κ1) is 23.3. The Labute approximate surface area is 200 Å². The molecule has 4 heterocycles. The van der Waals surface area contributed by atoms with E-state index in [2.05, 4.69) is 25.4 Å². The fraction of sp³-hybridized carbons (Fsp3) is 0.522. The van der Waals surface area contributed by atoms with Crippen molar-refractivity contribution in [2.75, 3.05) is 29.9 Å². The summed E-state index contributed by atoms with van der Waals surface area (Å²) in [4.78, 5) is 30.8. The van der Waals surface area contributed by atoms with Gasteiger partial charge in [0.1, 0.15) is 17.7 Å². The number of carbonyl (C=O) groups excluding carboxylic acids is 2. The van der Waals surface area contributed by atoms with Crippen LogP contribution in [0.15, 0.2) is 24.7 Å². The fourth-order valence-electron chi connectivity index (χ4n) is 4.76. The first-order valence-corrected chi connectivity index (χ1v) is 11.8. The summed E-state index contributed by atoms with van der Waals surface area (Å²) in [6, 6.07) is 1.73. The van der Waals surface area contributed by atoms with Gasteiger partial charge in [-0.1, -0.05) is 0 Å². The molecule has 0 aromatic carbocycles. The van der Waals surface area contributed by atoms with E-state index in [4.69, 9.17) is 4.74 Å². The SMILES string of the molecule is C[C@@H]1CN(c2ccn3ncc(C(=O)Nc4cn(C5CCC(C=O)CC5)nc4C(F)F)c3n2)CCO1. The molecule has 1 amide bonds. The summed E-state index contributed by atoms with van der Waals surface area (Å²) in [7, 11) is 0. The van der Waals surface area contributed by atoms with Crippen molar-refractivity contribution < 1.29 is 23.1 Å². The maximum Gasteiger partial charge on any atom is 0.284 e. The zero-order valence-electron chi connectivity index (χ0n) is 19.3. The van der Waals surface area contributed by atoms with Crippen LogP contribution in [0, 0.1) is 5.92 Å². The highest BCUT2D eigenvalue weighted by Gasteiger charge is 2.27. The highest BCUT2D eigenvalue weighted by molar-refractivity contribution is 6.08. The van der Waals surface area contributed by atoms with Crippen LogP contribution in [0.25, 0.3) is 5.65 Å². The molecule has 3 aromatic rings. The van der Waals surface area contributed by atoms with Crippen molar-refractivity contribution in [1.29, 1.82) is 0 Å². The molecule has 186 valence electrons. The highest BCUT2D eigenvalue weighted by atomic mass is 19.3. The van der Waals surface area contributed by atoms with Gasteiger partial charge in [-0.2, -0.15) is 10.2 Å². The van der Waals surface area contributed by atoms with Crippen LogP contribution in [0.3, 0.4) is 0 Å². The number of fused-ring (bicyclic) bond motifs is 1. The molecule has 3 aromatic heterocycles. The van der Waals surface area contributed by atoms with E-state index in [1.54, 1.807) is 6.20 Å². The number of nitrogens with one attached hydrogen (secondary N) is 1. The summed E-state index contributed by atoms with van der Waals surface area (Å²) in [5.74, 6) is 0.101. The zero-order chi connectivity index (χ0) is 24.5. The van der Waals surface area contributed by atoms with Crippen molar-refractivity contribution in [3.8, 4) is 0 Å². The van der Waals surface area contributed by atoms with Crippen molar-refractivity contribution in [2.45, 2.75) is 51.2 Å². The Morgan fingerprint density at radius 1 is 1.29 bits per heavy atom. The summed E-state index contributed by atoms with van der Waals surface area (Å²) < 4.78 is 36.0. The molecule has 12 heteroatoms. The van der Waals surface area contributed by atoms with E-state index in [9.17, 15) is 18.4 Å². The van der Waals surface area contributed by atoms with Crippen molar-refractivity contribution in [1.82, 2.24) is 24.4 Å². The van der Waals surface area contributed by atoms with Gasteiger partial charge < -0.3 is 19.7 Å². The van der Waals surface area contributed by atoms with Gasteiger partial charge in [0.2, 0.25) is 0 Å². The molecule has 1 N–H and O–H groups in total. The van der Waals surface area contributed by atoms with Crippen LogP contribution in [0.4, 0.5) is 20.3 Å². The third-order valence-corrected chi connectivity index (χ3v) is 6.69. The number of halogens is 2. The number of hydrogen-bond acceptors (Lipinski definition) is 7. The molecule has 0 unspecified atom stereocenters. The molecular formula is C23H27F2N7O3. The van der Waals surface area contributed by atoms with E-state index in [0.29, 0.717) is 56.8 Å². The standard InChI is InChI=1S/C23H27F2N7O3/c1-14-11-30(8-9-35-14)19-6-7-31-22(28-19)17(10-26-31)23(34)27-18-12-32(29-20(18)21(24)25)16-4-2-15(13-33)3-5-16/h6-7,10,12-16,21H,2-5,8-9,11H2,1H3,(H,27,34)/t14-,15?,16?/m1/s1. The lowest BCUT2D eigenvalue weighted by Crippen LogP contribution is -2.41. The van der Waals surface area contributed by atoms with Crippen molar-refractivity contribution in [3.05, 3.63) is 35.9 Å². The molecule has 0 radical (unpaired) electrons. The number of aromatic nitrogens is 5. The Balaban J connectivity index is 1.38. The van der Waals surface area contributed by atoms with Gasteiger partial charge in [0.05, 0.1) is 30.6 Å². The smallest absolute Gasteiger partial charge is 0.284 e. The summed E-state index contributed by atoms with van der Waals surface area (Å²) in [5, 5.41) is 10.8. The number of anilines is 2. The lowest BCUT2D eigenvalue weighted by molar-refractivity contribution is -0.112. The first-order chi connectivity index (χ1) is 16.9. The number of amides is 1. The van der Waals surface area contributed by atoms with Crippen molar-refractivity contribution >= 4 is 29.3 Å². The second-order valence-corrected chi connectivity index (χ2v) is 9.11. The van der Waals surface area contributed by atoms with Gasteiger partial charge in [-0.15, -0.1) is 0 Å². The normalized spacial score (nSPS) is 23.1. The molecule has 1 aliphatic carbocycles. The van der Waals surface area contributed by atoms with Gasteiger partial charge in [-0.05, 0) is 38.7 Å². The molecule has 1 aliphatic heterocycles. The Morgan fingerprint density at radius 2 is 2.09 bits per heavy atom. The van der Waals surface area contributed by atoms with Crippen molar-refractivity contribution in [2.24, 2.45) is 5.92 Å². The molecule has 2 fully saturated rings. The Morgan fingerprint density at radius 3 is 2.80 bits per heavy atom.